The molecule has 1 saturated heterocycles. The van der Waals surface area contributed by atoms with Crippen molar-refractivity contribution >= 4 is 5.97 Å². The highest BCUT2D eigenvalue weighted by Gasteiger charge is 2.50. The van der Waals surface area contributed by atoms with Gasteiger partial charge in [-0.25, -0.2) is 4.79 Å². The molecule has 7 nitrogen and oxygen atoms in total. The number of hydrogen-bond donors (Lipinski definition) is 1. The Morgan fingerprint density at radius 2 is 1.15 bits per heavy atom. The largest absolute Gasteiger partial charge is 0.453 e. The average molecular weight is 631 g/mol. The molecule has 240 valence electrons. The van der Waals surface area contributed by atoms with Crippen molar-refractivity contribution in [2.75, 3.05) is 13.7 Å². The van der Waals surface area contributed by atoms with E-state index in [0.717, 1.165) is 22.3 Å². The lowest BCUT2D eigenvalue weighted by molar-refractivity contribution is -0.308. The molecule has 0 saturated carbocycles. The van der Waals surface area contributed by atoms with Gasteiger partial charge in [0, 0.05) is 7.11 Å². The van der Waals surface area contributed by atoms with Gasteiger partial charge in [0.25, 0.3) is 0 Å². The normalized spacial score (nSPS) is 21.2. The van der Waals surface area contributed by atoms with Crippen molar-refractivity contribution in [3.63, 3.8) is 0 Å². The van der Waals surface area contributed by atoms with Gasteiger partial charge in [0.2, 0.25) is 0 Å². The van der Waals surface area contributed by atoms with Gasteiger partial charge in [-0.1, -0.05) is 140 Å². The molecule has 1 heterocycles. The first kappa shape index (κ1) is 32.3. The topological polar surface area (TPSA) is 83.5 Å². The van der Waals surface area contributed by atoms with Crippen LogP contribution in [0.15, 0.2) is 152 Å². The molecular formula is C40H38O7. The van der Waals surface area contributed by atoms with Crippen LogP contribution in [0.25, 0.3) is 0 Å². The Labute approximate surface area is 275 Å². The van der Waals surface area contributed by atoms with Crippen LogP contribution in [0.4, 0.5) is 0 Å². The van der Waals surface area contributed by atoms with Gasteiger partial charge in [-0.3, -0.25) is 0 Å². The fourth-order valence-electron chi connectivity index (χ4n) is 6.04. The van der Waals surface area contributed by atoms with Crippen LogP contribution in [0.1, 0.15) is 32.6 Å². The summed E-state index contributed by atoms with van der Waals surface area (Å²) in [6, 6.07) is 48.1. The molecule has 7 heteroatoms. The molecule has 1 fully saturated rings. The summed E-state index contributed by atoms with van der Waals surface area (Å²) in [4.78, 5) is 13.4. The molecule has 0 aromatic heterocycles. The summed E-state index contributed by atoms with van der Waals surface area (Å²) in [6.45, 7) is 0.131. The summed E-state index contributed by atoms with van der Waals surface area (Å²) in [5.74, 6) is -0.591. The highest BCUT2D eigenvalue weighted by molar-refractivity contribution is 5.89. The predicted octanol–water partition coefficient (Wildman–Crippen LogP) is 6.54. The molecule has 5 aromatic carbocycles. The molecule has 6 rings (SSSR count). The quantitative estimate of drug-likeness (QED) is 0.124. The van der Waals surface area contributed by atoms with Gasteiger partial charge in [0.05, 0.1) is 18.8 Å². The summed E-state index contributed by atoms with van der Waals surface area (Å²) in [7, 11) is 1.50. The van der Waals surface area contributed by atoms with Crippen LogP contribution in [-0.4, -0.2) is 55.5 Å². The van der Waals surface area contributed by atoms with E-state index in [-0.39, 0.29) is 13.2 Å². The lowest BCUT2D eigenvalue weighted by Gasteiger charge is -2.44. The summed E-state index contributed by atoms with van der Waals surface area (Å²) < 4.78 is 31.4. The standard InChI is InChI=1S/C40H38O7/c1-43-39-37(44-27-29-17-7-2-8-18-29)36(47-38(42)30-19-9-3-10-20-30)35(41)34(46-39)28-45-40(31-21-11-4-12-22-31,32-23-13-5-14-24-32)33-25-15-6-16-26-33/h2-26,34-37,39,41H,27-28H2,1H3/t34-,35-,36+,37-,39+/m1/s1. The van der Waals surface area contributed by atoms with Gasteiger partial charge in [-0.2, -0.15) is 0 Å². The zero-order valence-corrected chi connectivity index (χ0v) is 26.1. The van der Waals surface area contributed by atoms with E-state index >= 15 is 0 Å². The number of ether oxygens (including phenoxy) is 5. The number of benzene rings is 5. The summed E-state index contributed by atoms with van der Waals surface area (Å²) >= 11 is 0. The number of aliphatic hydroxyl groups excluding tert-OH is 1. The predicted molar refractivity (Wildman–Crippen MR) is 178 cm³/mol. The molecule has 0 spiro atoms. The number of esters is 1. The van der Waals surface area contributed by atoms with Crippen molar-refractivity contribution in [1.29, 1.82) is 0 Å². The maximum atomic E-state index is 13.4. The Kier molecular flexibility index (Phi) is 10.5. The minimum Gasteiger partial charge on any atom is -0.453 e. The lowest BCUT2D eigenvalue weighted by Crippen LogP contribution is -2.61. The molecule has 0 aliphatic carbocycles. The second kappa shape index (κ2) is 15.3. The van der Waals surface area contributed by atoms with E-state index in [1.165, 1.54) is 7.11 Å². The van der Waals surface area contributed by atoms with E-state index in [1.807, 2.05) is 127 Å². The second-order valence-corrected chi connectivity index (χ2v) is 11.4. The Balaban J connectivity index is 1.34. The molecule has 0 bridgehead atoms. The molecule has 5 aromatic rings. The van der Waals surface area contributed by atoms with Crippen molar-refractivity contribution in [3.8, 4) is 0 Å². The van der Waals surface area contributed by atoms with Crippen molar-refractivity contribution < 1.29 is 33.6 Å². The third-order valence-corrected chi connectivity index (χ3v) is 8.39. The number of hydrogen-bond acceptors (Lipinski definition) is 7. The van der Waals surface area contributed by atoms with Crippen molar-refractivity contribution in [1.82, 2.24) is 0 Å². The van der Waals surface area contributed by atoms with E-state index < -0.39 is 42.3 Å². The molecule has 0 radical (unpaired) electrons. The van der Waals surface area contributed by atoms with Crippen LogP contribution in [0.3, 0.4) is 0 Å². The van der Waals surface area contributed by atoms with Crippen LogP contribution >= 0.6 is 0 Å². The monoisotopic (exact) mass is 630 g/mol. The van der Waals surface area contributed by atoms with Crippen molar-refractivity contribution in [2.24, 2.45) is 0 Å². The Morgan fingerprint density at radius 3 is 1.64 bits per heavy atom. The third kappa shape index (κ3) is 7.20. The minimum absolute atomic E-state index is 0.0650. The second-order valence-electron chi connectivity index (χ2n) is 11.4. The number of rotatable bonds is 12. The fraction of sp³-hybridized carbons (Fsp3) is 0.225. The van der Waals surface area contributed by atoms with Crippen LogP contribution in [0.2, 0.25) is 0 Å². The van der Waals surface area contributed by atoms with Gasteiger partial charge in [0.1, 0.15) is 23.9 Å². The van der Waals surface area contributed by atoms with Gasteiger partial charge in [-0.05, 0) is 34.4 Å². The van der Waals surface area contributed by atoms with Crippen LogP contribution in [0, 0.1) is 0 Å². The Morgan fingerprint density at radius 1 is 0.681 bits per heavy atom. The molecule has 1 aliphatic heterocycles. The van der Waals surface area contributed by atoms with E-state index in [2.05, 4.69) is 0 Å². The first-order valence-corrected chi connectivity index (χ1v) is 15.7. The van der Waals surface area contributed by atoms with Gasteiger partial charge in [-0.15, -0.1) is 0 Å². The molecule has 0 amide bonds. The van der Waals surface area contributed by atoms with Crippen molar-refractivity contribution in [2.45, 2.75) is 42.9 Å². The van der Waals surface area contributed by atoms with E-state index in [1.54, 1.807) is 24.3 Å². The molecule has 0 unspecified atom stereocenters. The van der Waals surface area contributed by atoms with Crippen LogP contribution in [-0.2, 0) is 35.9 Å². The molecular weight excluding hydrogens is 592 g/mol. The van der Waals surface area contributed by atoms with Gasteiger partial charge < -0.3 is 28.8 Å². The summed E-state index contributed by atoms with van der Waals surface area (Å²) in [5.41, 5.74) is 2.93. The minimum atomic E-state index is -1.31. The Hall–Kier alpha value is -4.63. The molecule has 5 atom stereocenters. The van der Waals surface area contributed by atoms with Crippen LogP contribution in [0.5, 0.6) is 0 Å². The lowest BCUT2D eigenvalue weighted by atomic mass is 9.80. The molecule has 1 aliphatic rings. The van der Waals surface area contributed by atoms with E-state index in [9.17, 15) is 9.90 Å². The third-order valence-electron chi connectivity index (χ3n) is 8.39. The van der Waals surface area contributed by atoms with Crippen LogP contribution < -0.4 is 0 Å². The maximum Gasteiger partial charge on any atom is 0.338 e. The highest BCUT2D eigenvalue weighted by Crippen LogP contribution is 2.41. The fourth-order valence-corrected chi connectivity index (χ4v) is 6.04. The first-order valence-electron chi connectivity index (χ1n) is 15.7. The van der Waals surface area contributed by atoms with E-state index in [4.69, 9.17) is 23.7 Å². The number of aliphatic hydroxyl groups is 1. The smallest absolute Gasteiger partial charge is 0.338 e. The SMILES string of the molecule is CO[C@H]1O[C@H](COC(c2ccccc2)(c2ccccc2)c2ccccc2)[C@@H](O)[C@H](OC(=O)c2ccccc2)[C@H]1OCc1ccccc1. The zero-order valence-electron chi connectivity index (χ0n) is 26.1. The van der Waals surface area contributed by atoms with Crippen molar-refractivity contribution in [3.05, 3.63) is 179 Å². The molecule has 1 N–H and O–H groups in total. The molecule has 47 heavy (non-hydrogen) atoms. The van der Waals surface area contributed by atoms with E-state index in [0.29, 0.717) is 5.56 Å². The number of methoxy groups -OCH3 is 1. The summed E-state index contributed by atoms with van der Waals surface area (Å²) in [6.07, 6.45) is -5.28. The zero-order chi connectivity index (χ0) is 32.5. The number of carbonyl (C=O) groups is 1. The van der Waals surface area contributed by atoms with Gasteiger partial charge in [0.15, 0.2) is 12.4 Å². The Bertz CT molecular complexity index is 1570. The average Bonchev–Trinajstić information content (AvgIpc) is 3.14. The number of carbonyl (C=O) groups excluding carboxylic acids is 1. The maximum absolute atomic E-state index is 13.4. The van der Waals surface area contributed by atoms with Gasteiger partial charge >= 0.3 is 5.97 Å². The summed E-state index contributed by atoms with van der Waals surface area (Å²) in [5, 5.41) is 11.9. The first-order chi connectivity index (χ1) is 23.1. The highest BCUT2D eigenvalue weighted by atomic mass is 16.7.